The van der Waals surface area contributed by atoms with Gasteiger partial charge in [-0.05, 0) is 35.3 Å². The molecule has 5 nitrogen and oxygen atoms in total. The molecule has 0 aromatic heterocycles. The molecule has 1 heterocycles. The number of halogens is 3. The highest BCUT2D eigenvalue weighted by Crippen LogP contribution is 2.34. The maximum absolute atomic E-state index is 14.1. The predicted molar refractivity (Wildman–Crippen MR) is 82.2 cm³/mol. The highest BCUT2D eigenvalue weighted by atomic mass is 79.9. The van der Waals surface area contributed by atoms with E-state index in [0.717, 1.165) is 12.5 Å². The number of ether oxygens (including phenoxy) is 1. The van der Waals surface area contributed by atoms with Crippen molar-refractivity contribution in [1.82, 2.24) is 4.72 Å². The Balaban J connectivity index is 2.31. The van der Waals surface area contributed by atoms with E-state index in [4.69, 9.17) is 22.1 Å². The van der Waals surface area contributed by atoms with Gasteiger partial charge in [-0.1, -0.05) is 11.6 Å². The van der Waals surface area contributed by atoms with Crippen molar-refractivity contribution in [3.8, 4) is 0 Å². The van der Waals surface area contributed by atoms with E-state index >= 15 is 0 Å². The van der Waals surface area contributed by atoms with Crippen molar-refractivity contribution in [1.29, 1.82) is 0 Å². The van der Waals surface area contributed by atoms with Crippen molar-refractivity contribution in [2.75, 3.05) is 18.9 Å². The Morgan fingerprint density at radius 1 is 1.62 bits per heavy atom. The highest BCUT2D eigenvalue weighted by Gasteiger charge is 2.29. The molecule has 2 atom stereocenters. The minimum Gasteiger partial charge on any atom is -0.395 e. The van der Waals surface area contributed by atoms with Gasteiger partial charge in [-0.2, -0.15) is 0 Å². The van der Waals surface area contributed by atoms with Crippen LogP contribution in [0, 0.1) is 11.7 Å². The SMILES string of the molecule is CC(NS(=O)(=O)c1cc(Cl)c(Br)c(N)c1F)C1CCOC1. The monoisotopic (exact) mass is 400 g/mol. The molecule has 1 aliphatic heterocycles. The number of nitrogen functional groups attached to an aromatic ring is 1. The quantitative estimate of drug-likeness (QED) is 0.600. The Kier molecular flexibility index (Phi) is 5.15. The van der Waals surface area contributed by atoms with Crippen LogP contribution in [0.4, 0.5) is 10.1 Å². The van der Waals surface area contributed by atoms with E-state index < -0.39 is 20.7 Å². The van der Waals surface area contributed by atoms with E-state index in [2.05, 4.69) is 20.7 Å². The van der Waals surface area contributed by atoms with Gasteiger partial charge in [0.05, 0.1) is 21.8 Å². The van der Waals surface area contributed by atoms with E-state index in [1.165, 1.54) is 0 Å². The van der Waals surface area contributed by atoms with Crippen molar-refractivity contribution < 1.29 is 17.5 Å². The molecule has 0 amide bonds. The minimum absolute atomic E-state index is 0.0335. The molecule has 1 aromatic rings. The molecule has 118 valence electrons. The zero-order valence-corrected chi connectivity index (χ0v) is 14.4. The van der Waals surface area contributed by atoms with Crippen LogP contribution < -0.4 is 10.5 Å². The van der Waals surface area contributed by atoms with Gasteiger partial charge in [-0.25, -0.2) is 17.5 Å². The molecule has 1 aromatic carbocycles. The van der Waals surface area contributed by atoms with Crippen LogP contribution in [0.25, 0.3) is 0 Å². The van der Waals surface area contributed by atoms with Gasteiger partial charge in [0.2, 0.25) is 10.0 Å². The van der Waals surface area contributed by atoms with Crippen LogP contribution in [0.3, 0.4) is 0 Å². The summed E-state index contributed by atoms with van der Waals surface area (Å²) in [7, 11) is -4.06. The first-order chi connectivity index (χ1) is 9.74. The fourth-order valence-corrected chi connectivity index (χ4v) is 4.14. The molecule has 1 fully saturated rings. The molecule has 3 N–H and O–H groups in total. The van der Waals surface area contributed by atoms with E-state index in [1.807, 2.05) is 0 Å². The smallest absolute Gasteiger partial charge is 0.243 e. The average Bonchev–Trinajstić information content (AvgIpc) is 2.94. The molecule has 0 bridgehead atoms. The third-order valence-electron chi connectivity index (χ3n) is 3.46. The zero-order valence-electron chi connectivity index (χ0n) is 11.2. The molecular weight excluding hydrogens is 387 g/mol. The molecule has 2 unspecified atom stereocenters. The lowest BCUT2D eigenvalue weighted by Gasteiger charge is -2.20. The Morgan fingerprint density at radius 3 is 2.86 bits per heavy atom. The minimum atomic E-state index is -4.06. The Morgan fingerprint density at radius 2 is 2.29 bits per heavy atom. The number of nitrogens with one attached hydrogen (secondary N) is 1. The number of anilines is 1. The zero-order chi connectivity index (χ0) is 15.8. The topological polar surface area (TPSA) is 81.4 Å². The Hall–Kier alpha value is -0.410. The summed E-state index contributed by atoms with van der Waals surface area (Å²) in [5.74, 6) is -0.959. The molecule has 0 saturated carbocycles. The number of nitrogens with two attached hydrogens (primary N) is 1. The molecular formula is C12H15BrClFN2O3S. The lowest BCUT2D eigenvalue weighted by Crippen LogP contribution is -2.38. The third-order valence-corrected chi connectivity index (χ3v) is 6.40. The van der Waals surface area contributed by atoms with Gasteiger partial charge >= 0.3 is 0 Å². The highest BCUT2D eigenvalue weighted by molar-refractivity contribution is 9.10. The van der Waals surface area contributed by atoms with Crippen LogP contribution in [0.15, 0.2) is 15.4 Å². The van der Waals surface area contributed by atoms with Gasteiger partial charge < -0.3 is 10.5 Å². The van der Waals surface area contributed by atoms with E-state index in [1.54, 1.807) is 6.92 Å². The third kappa shape index (κ3) is 3.50. The van der Waals surface area contributed by atoms with Crippen LogP contribution in [-0.4, -0.2) is 27.7 Å². The molecule has 21 heavy (non-hydrogen) atoms. The van der Waals surface area contributed by atoms with Gasteiger partial charge in [0, 0.05) is 18.6 Å². The predicted octanol–water partition coefficient (Wildman–Crippen LogP) is 2.53. The van der Waals surface area contributed by atoms with E-state index in [0.29, 0.717) is 13.2 Å². The normalized spacial score (nSPS) is 20.7. The molecule has 0 spiro atoms. The van der Waals surface area contributed by atoms with Crippen LogP contribution in [0.1, 0.15) is 13.3 Å². The van der Waals surface area contributed by atoms with Crippen LogP contribution in [0.5, 0.6) is 0 Å². The van der Waals surface area contributed by atoms with Crippen molar-refractivity contribution in [3.63, 3.8) is 0 Å². The number of rotatable bonds is 4. The molecule has 9 heteroatoms. The molecule has 0 radical (unpaired) electrons. The first kappa shape index (κ1) is 17.0. The summed E-state index contributed by atoms with van der Waals surface area (Å²) >= 11 is 8.86. The second kappa shape index (κ2) is 6.37. The fraction of sp³-hybridized carbons (Fsp3) is 0.500. The van der Waals surface area contributed by atoms with Gasteiger partial charge in [0.15, 0.2) is 5.82 Å². The first-order valence-corrected chi connectivity index (χ1v) is 8.92. The van der Waals surface area contributed by atoms with Gasteiger partial charge in [-0.15, -0.1) is 0 Å². The van der Waals surface area contributed by atoms with Crippen LogP contribution >= 0.6 is 27.5 Å². The Bertz CT molecular complexity index is 650. The van der Waals surface area contributed by atoms with Crippen LogP contribution in [-0.2, 0) is 14.8 Å². The second-order valence-corrected chi connectivity index (χ2v) is 7.81. The van der Waals surface area contributed by atoms with Crippen LogP contribution in [0.2, 0.25) is 5.02 Å². The maximum atomic E-state index is 14.1. The summed E-state index contributed by atoms with van der Waals surface area (Å²) in [5.41, 5.74) is 5.18. The van der Waals surface area contributed by atoms with Gasteiger partial charge in [-0.3, -0.25) is 0 Å². The standard InChI is InChI=1S/C12H15BrClFN2O3S/c1-6(7-2-3-20-5-7)17-21(18,19)9-4-8(14)10(13)12(16)11(9)15/h4,6-7,17H,2-3,5,16H2,1H3. The summed E-state index contributed by atoms with van der Waals surface area (Å²) in [6.07, 6.45) is 0.759. The van der Waals surface area contributed by atoms with Crippen molar-refractivity contribution >= 4 is 43.2 Å². The lowest BCUT2D eigenvalue weighted by molar-refractivity contribution is 0.180. The second-order valence-electron chi connectivity index (χ2n) is 4.93. The number of benzene rings is 1. The fourth-order valence-electron chi connectivity index (χ4n) is 2.15. The number of sulfonamides is 1. The summed E-state index contributed by atoms with van der Waals surface area (Å²) in [4.78, 5) is -0.557. The summed E-state index contributed by atoms with van der Waals surface area (Å²) in [6.45, 7) is 2.80. The Labute approximate surface area is 136 Å². The van der Waals surface area contributed by atoms with Crippen molar-refractivity contribution in [3.05, 3.63) is 21.4 Å². The summed E-state index contributed by atoms with van der Waals surface area (Å²) in [5, 5.41) is 0.0335. The summed E-state index contributed by atoms with van der Waals surface area (Å²) < 4.78 is 46.5. The van der Waals surface area contributed by atoms with Gasteiger partial charge in [0.1, 0.15) is 4.90 Å². The molecule has 1 saturated heterocycles. The molecule has 1 aliphatic rings. The molecule has 2 rings (SSSR count). The summed E-state index contributed by atoms with van der Waals surface area (Å²) in [6, 6.07) is 0.665. The number of hydrogen-bond donors (Lipinski definition) is 2. The first-order valence-electron chi connectivity index (χ1n) is 6.27. The average molecular weight is 402 g/mol. The number of hydrogen-bond acceptors (Lipinski definition) is 4. The lowest BCUT2D eigenvalue weighted by atomic mass is 10.0. The van der Waals surface area contributed by atoms with Gasteiger partial charge in [0.25, 0.3) is 0 Å². The largest absolute Gasteiger partial charge is 0.395 e. The molecule has 0 aliphatic carbocycles. The van der Waals surface area contributed by atoms with Crippen molar-refractivity contribution in [2.45, 2.75) is 24.3 Å². The van der Waals surface area contributed by atoms with E-state index in [-0.39, 0.29) is 27.1 Å². The van der Waals surface area contributed by atoms with Crippen molar-refractivity contribution in [2.24, 2.45) is 5.92 Å². The van der Waals surface area contributed by atoms with E-state index in [9.17, 15) is 12.8 Å². The maximum Gasteiger partial charge on any atom is 0.243 e.